The van der Waals surface area contributed by atoms with Crippen LogP contribution in [-0.2, 0) is 17.6 Å². The summed E-state index contributed by atoms with van der Waals surface area (Å²) in [5, 5.41) is 8.64. The molecule has 6 nitrogen and oxygen atoms in total. The average molecular weight is 376 g/mol. The molecular weight excluding hydrogens is 355 g/mol. The highest BCUT2D eigenvalue weighted by atomic mass is 32.1. The van der Waals surface area contributed by atoms with Crippen molar-refractivity contribution < 1.29 is 14.0 Å². The molecule has 1 aromatic heterocycles. The van der Waals surface area contributed by atoms with E-state index in [-0.39, 0.29) is 11.9 Å². The molecule has 1 aliphatic heterocycles. The molecule has 8 heteroatoms. The topological polar surface area (TPSA) is 74.3 Å². The molecule has 1 fully saturated rings. The van der Waals surface area contributed by atoms with Gasteiger partial charge in [-0.05, 0) is 24.1 Å². The lowest BCUT2D eigenvalue weighted by Crippen LogP contribution is -2.55. The molecule has 0 spiro atoms. The van der Waals surface area contributed by atoms with Crippen molar-refractivity contribution >= 4 is 23.3 Å². The number of benzene rings is 1. The van der Waals surface area contributed by atoms with E-state index in [0.29, 0.717) is 31.6 Å². The third kappa shape index (κ3) is 4.19. The fourth-order valence-corrected chi connectivity index (χ4v) is 3.70. The number of carbonyl (C=O) groups excluding carboxylic acids is 2. The Kier molecular flexibility index (Phi) is 5.82. The molecule has 1 aliphatic rings. The molecule has 1 aromatic carbocycles. The van der Waals surface area contributed by atoms with Crippen molar-refractivity contribution in [2.24, 2.45) is 0 Å². The number of hydrogen-bond donors (Lipinski definition) is 2. The van der Waals surface area contributed by atoms with E-state index < -0.39 is 11.9 Å². The van der Waals surface area contributed by atoms with Crippen molar-refractivity contribution in [2.75, 3.05) is 19.6 Å². The highest BCUT2D eigenvalue weighted by Crippen LogP contribution is 2.24. The monoisotopic (exact) mass is 376 g/mol. The number of aryl methyl sites for hydroxylation is 1. The van der Waals surface area contributed by atoms with Crippen molar-refractivity contribution in [3.8, 4) is 0 Å². The van der Waals surface area contributed by atoms with Gasteiger partial charge in [-0.25, -0.2) is 14.2 Å². The summed E-state index contributed by atoms with van der Waals surface area (Å²) in [6.07, 6.45) is 1.53. The average Bonchev–Trinajstić information content (AvgIpc) is 3.09. The number of halogens is 1. The van der Waals surface area contributed by atoms with Gasteiger partial charge in [-0.3, -0.25) is 4.79 Å². The molecule has 0 bridgehead atoms. The fourth-order valence-electron chi connectivity index (χ4n) is 2.92. The lowest BCUT2D eigenvalue weighted by molar-refractivity contribution is -0.127. The Hall–Kier alpha value is -2.48. The predicted molar refractivity (Wildman–Crippen MR) is 97.5 cm³/mol. The first kappa shape index (κ1) is 18.3. The van der Waals surface area contributed by atoms with Crippen LogP contribution < -0.4 is 10.6 Å². The van der Waals surface area contributed by atoms with E-state index in [2.05, 4.69) is 22.5 Å². The Bertz CT molecular complexity index is 795. The minimum Gasteiger partial charge on any atom is -0.352 e. The maximum atomic E-state index is 13.5. The second kappa shape index (κ2) is 8.27. The second-order valence-corrected chi connectivity index (χ2v) is 6.95. The van der Waals surface area contributed by atoms with Crippen LogP contribution in [0.1, 0.15) is 29.2 Å². The molecule has 2 aromatic rings. The molecule has 0 unspecified atom stereocenters. The largest absolute Gasteiger partial charge is 0.352 e. The Balaban J connectivity index is 1.64. The number of piperazine rings is 1. The van der Waals surface area contributed by atoms with Crippen LogP contribution in [-0.4, -0.2) is 41.5 Å². The van der Waals surface area contributed by atoms with E-state index in [1.165, 1.54) is 23.1 Å². The predicted octanol–water partition coefficient (Wildman–Crippen LogP) is 2.27. The number of rotatable bonds is 5. The first-order valence-corrected chi connectivity index (χ1v) is 9.47. The zero-order chi connectivity index (χ0) is 18.5. The summed E-state index contributed by atoms with van der Waals surface area (Å²) in [6, 6.07) is 4.63. The Labute approximate surface area is 155 Å². The van der Waals surface area contributed by atoms with Gasteiger partial charge < -0.3 is 15.5 Å². The molecule has 3 amide bonds. The molecule has 3 rings (SSSR count). The minimum atomic E-state index is -0.828. The van der Waals surface area contributed by atoms with Crippen molar-refractivity contribution in [1.29, 1.82) is 0 Å². The highest BCUT2D eigenvalue weighted by molar-refractivity contribution is 7.09. The molecule has 0 radical (unpaired) electrons. The fraction of sp³-hybridized carbons (Fsp3) is 0.389. The standard InChI is InChI=1S/C18H21FN4O2S/c1-2-15-22-14(11-26-15)6-7-21-18(25)23-9-8-20-17(24)16(23)12-4-3-5-13(19)10-12/h3-5,10-11,16H,2,6-9H2,1H3,(H,20,24)(H,21,25)/t16-/m1/s1. The summed E-state index contributed by atoms with van der Waals surface area (Å²) in [4.78, 5) is 30.8. The zero-order valence-electron chi connectivity index (χ0n) is 14.5. The van der Waals surface area contributed by atoms with Gasteiger partial charge in [-0.1, -0.05) is 19.1 Å². The van der Waals surface area contributed by atoms with Gasteiger partial charge in [0.25, 0.3) is 0 Å². The van der Waals surface area contributed by atoms with Crippen LogP contribution in [0, 0.1) is 5.82 Å². The van der Waals surface area contributed by atoms with Gasteiger partial charge in [0, 0.05) is 31.4 Å². The summed E-state index contributed by atoms with van der Waals surface area (Å²) in [5.41, 5.74) is 1.41. The minimum absolute atomic E-state index is 0.302. The van der Waals surface area contributed by atoms with Crippen LogP contribution >= 0.6 is 11.3 Å². The first-order chi connectivity index (χ1) is 12.6. The number of carbonyl (C=O) groups is 2. The quantitative estimate of drug-likeness (QED) is 0.841. The number of hydrogen-bond acceptors (Lipinski definition) is 4. The second-order valence-electron chi connectivity index (χ2n) is 6.01. The lowest BCUT2D eigenvalue weighted by Gasteiger charge is -2.35. The van der Waals surface area contributed by atoms with E-state index in [1.54, 1.807) is 17.4 Å². The smallest absolute Gasteiger partial charge is 0.318 e. The summed E-state index contributed by atoms with van der Waals surface area (Å²) in [6.45, 7) is 3.23. The van der Waals surface area contributed by atoms with E-state index in [1.807, 2.05) is 5.38 Å². The maximum Gasteiger partial charge on any atom is 0.318 e. The highest BCUT2D eigenvalue weighted by Gasteiger charge is 2.34. The molecular formula is C18H21FN4O2S. The number of aromatic nitrogens is 1. The Morgan fingerprint density at radius 3 is 3.08 bits per heavy atom. The number of nitrogens with one attached hydrogen (secondary N) is 2. The lowest BCUT2D eigenvalue weighted by atomic mass is 10.0. The van der Waals surface area contributed by atoms with E-state index >= 15 is 0 Å². The third-order valence-corrected chi connectivity index (χ3v) is 5.24. The van der Waals surface area contributed by atoms with Crippen LogP contribution in [0.25, 0.3) is 0 Å². The van der Waals surface area contributed by atoms with Crippen molar-refractivity contribution in [3.05, 3.63) is 51.7 Å². The van der Waals surface area contributed by atoms with Crippen molar-refractivity contribution in [2.45, 2.75) is 25.8 Å². The summed E-state index contributed by atoms with van der Waals surface area (Å²) >= 11 is 1.61. The van der Waals surface area contributed by atoms with Gasteiger partial charge in [0.1, 0.15) is 11.9 Å². The molecule has 2 heterocycles. The van der Waals surface area contributed by atoms with Crippen LogP contribution in [0.4, 0.5) is 9.18 Å². The molecule has 1 saturated heterocycles. The molecule has 26 heavy (non-hydrogen) atoms. The summed E-state index contributed by atoms with van der Waals surface area (Å²) in [5.74, 6) is -0.736. The van der Waals surface area contributed by atoms with Gasteiger partial charge in [0.05, 0.1) is 10.7 Å². The normalized spacial score (nSPS) is 17.1. The molecule has 2 N–H and O–H groups in total. The van der Waals surface area contributed by atoms with Crippen LogP contribution in [0.2, 0.25) is 0 Å². The Morgan fingerprint density at radius 1 is 1.50 bits per heavy atom. The molecule has 0 aliphatic carbocycles. The van der Waals surface area contributed by atoms with Crippen LogP contribution in [0.5, 0.6) is 0 Å². The zero-order valence-corrected chi connectivity index (χ0v) is 15.3. The van der Waals surface area contributed by atoms with Crippen LogP contribution in [0.3, 0.4) is 0 Å². The maximum absolute atomic E-state index is 13.5. The van der Waals surface area contributed by atoms with Crippen LogP contribution in [0.15, 0.2) is 29.6 Å². The number of amides is 3. The van der Waals surface area contributed by atoms with E-state index in [4.69, 9.17) is 0 Å². The number of urea groups is 1. The van der Waals surface area contributed by atoms with Crippen molar-refractivity contribution in [3.63, 3.8) is 0 Å². The van der Waals surface area contributed by atoms with Gasteiger partial charge >= 0.3 is 6.03 Å². The van der Waals surface area contributed by atoms with E-state index in [9.17, 15) is 14.0 Å². The van der Waals surface area contributed by atoms with E-state index in [0.717, 1.165) is 17.1 Å². The molecule has 138 valence electrons. The molecule has 1 atom stereocenters. The third-order valence-electron chi connectivity index (χ3n) is 4.20. The van der Waals surface area contributed by atoms with Gasteiger partial charge in [-0.15, -0.1) is 11.3 Å². The number of thiazole rings is 1. The Morgan fingerprint density at radius 2 is 2.35 bits per heavy atom. The first-order valence-electron chi connectivity index (χ1n) is 8.59. The molecule has 0 saturated carbocycles. The van der Waals surface area contributed by atoms with Gasteiger partial charge in [-0.2, -0.15) is 0 Å². The summed E-state index contributed by atoms with van der Waals surface area (Å²) < 4.78 is 13.5. The van der Waals surface area contributed by atoms with Gasteiger partial charge in [0.15, 0.2) is 0 Å². The number of nitrogens with zero attached hydrogens (tertiary/aromatic N) is 2. The van der Waals surface area contributed by atoms with Crippen molar-refractivity contribution in [1.82, 2.24) is 20.5 Å². The summed E-state index contributed by atoms with van der Waals surface area (Å²) in [7, 11) is 0. The SMILES string of the molecule is CCc1nc(CCNC(=O)N2CCNC(=O)[C@H]2c2cccc(F)c2)cs1. The van der Waals surface area contributed by atoms with Gasteiger partial charge in [0.2, 0.25) is 5.91 Å².